The van der Waals surface area contributed by atoms with Crippen molar-refractivity contribution < 1.29 is 18.3 Å². The van der Waals surface area contributed by atoms with Gasteiger partial charge in [0.15, 0.2) is 11.6 Å². The van der Waals surface area contributed by atoms with E-state index in [9.17, 15) is 13.6 Å². The number of amides is 1. The van der Waals surface area contributed by atoms with Crippen LogP contribution in [0.15, 0.2) is 18.5 Å². The second kappa shape index (κ2) is 5.80. The Morgan fingerprint density at radius 1 is 1.36 bits per heavy atom. The van der Waals surface area contributed by atoms with E-state index in [1.807, 2.05) is 0 Å². The minimum absolute atomic E-state index is 0.0900. The maximum Gasteiger partial charge on any atom is 0.240 e. The molecule has 6 nitrogen and oxygen atoms in total. The zero-order chi connectivity index (χ0) is 15.7. The number of hydrogen-bond acceptors (Lipinski definition) is 5. The Kier molecular flexibility index (Phi) is 3.84. The maximum absolute atomic E-state index is 13.5. The van der Waals surface area contributed by atoms with Crippen molar-refractivity contribution in [3.05, 3.63) is 30.1 Å². The van der Waals surface area contributed by atoms with Gasteiger partial charge in [-0.05, 0) is 12.5 Å². The van der Waals surface area contributed by atoms with Gasteiger partial charge >= 0.3 is 0 Å². The Hall–Kier alpha value is -2.35. The van der Waals surface area contributed by atoms with Crippen molar-refractivity contribution in [2.75, 3.05) is 18.5 Å². The molecule has 2 heterocycles. The normalized spacial score (nSPS) is 19.3. The van der Waals surface area contributed by atoms with Gasteiger partial charge in [0.1, 0.15) is 18.2 Å². The molecular formula is C14H14F2N4O2. The van der Waals surface area contributed by atoms with Gasteiger partial charge in [-0.1, -0.05) is 0 Å². The number of primary amides is 1. The van der Waals surface area contributed by atoms with Gasteiger partial charge < -0.3 is 15.8 Å². The number of benzene rings is 1. The summed E-state index contributed by atoms with van der Waals surface area (Å²) >= 11 is 0. The minimum Gasteiger partial charge on any atom is -0.381 e. The number of nitrogens with zero attached hydrogens (tertiary/aromatic N) is 2. The number of fused-ring (bicyclic) bond motifs is 1. The van der Waals surface area contributed by atoms with Crippen LogP contribution in [0.3, 0.4) is 0 Å². The molecule has 0 bridgehead atoms. The second-order valence-corrected chi connectivity index (χ2v) is 5.15. The van der Waals surface area contributed by atoms with Crippen LogP contribution < -0.4 is 11.1 Å². The number of aromatic nitrogens is 2. The average Bonchev–Trinajstić information content (AvgIpc) is 3.00. The molecule has 0 radical (unpaired) electrons. The maximum atomic E-state index is 13.5. The molecule has 2 aromatic rings. The van der Waals surface area contributed by atoms with Crippen LogP contribution in [0.5, 0.6) is 0 Å². The molecular weight excluding hydrogens is 294 g/mol. The lowest BCUT2D eigenvalue weighted by atomic mass is 9.98. The lowest BCUT2D eigenvalue weighted by Gasteiger charge is -2.21. The predicted octanol–water partition coefficient (Wildman–Crippen LogP) is 1.21. The third-order valence-electron chi connectivity index (χ3n) is 3.71. The van der Waals surface area contributed by atoms with E-state index in [4.69, 9.17) is 10.5 Å². The minimum atomic E-state index is -1.01. The van der Waals surface area contributed by atoms with E-state index in [1.54, 1.807) is 0 Å². The highest BCUT2D eigenvalue weighted by Gasteiger charge is 2.30. The SMILES string of the molecule is NC(=O)C(Nc1ncnc2cc(F)c(F)cc12)C1CCOC1. The molecule has 2 atom stereocenters. The summed E-state index contributed by atoms with van der Waals surface area (Å²) < 4.78 is 32.0. The van der Waals surface area contributed by atoms with Gasteiger partial charge in [0.25, 0.3) is 0 Å². The zero-order valence-electron chi connectivity index (χ0n) is 11.6. The van der Waals surface area contributed by atoms with E-state index in [0.29, 0.717) is 19.6 Å². The first kappa shape index (κ1) is 14.6. The van der Waals surface area contributed by atoms with Gasteiger partial charge in [-0.15, -0.1) is 0 Å². The van der Waals surface area contributed by atoms with Crippen molar-refractivity contribution in [3.63, 3.8) is 0 Å². The lowest BCUT2D eigenvalue weighted by molar-refractivity contribution is -0.119. The fourth-order valence-electron chi connectivity index (χ4n) is 2.55. The van der Waals surface area contributed by atoms with Gasteiger partial charge in [-0.25, -0.2) is 18.7 Å². The van der Waals surface area contributed by atoms with Gasteiger partial charge in [-0.2, -0.15) is 0 Å². The van der Waals surface area contributed by atoms with Crippen LogP contribution in [0, 0.1) is 17.6 Å². The molecule has 0 saturated carbocycles. The molecule has 0 spiro atoms. The van der Waals surface area contributed by atoms with Gasteiger partial charge in [0.2, 0.25) is 5.91 Å². The first-order valence-electron chi connectivity index (χ1n) is 6.79. The largest absolute Gasteiger partial charge is 0.381 e. The molecule has 1 saturated heterocycles. The molecule has 8 heteroatoms. The predicted molar refractivity (Wildman–Crippen MR) is 75.0 cm³/mol. The fraction of sp³-hybridized carbons (Fsp3) is 0.357. The van der Waals surface area contributed by atoms with Crippen LogP contribution in [0.2, 0.25) is 0 Å². The van der Waals surface area contributed by atoms with Crippen LogP contribution in [-0.2, 0) is 9.53 Å². The number of anilines is 1. The number of carbonyl (C=O) groups is 1. The molecule has 3 N–H and O–H groups in total. The summed E-state index contributed by atoms with van der Waals surface area (Å²) in [6, 6.07) is 1.28. The van der Waals surface area contributed by atoms with E-state index in [-0.39, 0.29) is 22.6 Å². The summed E-state index contributed by atoms with van der Waals surface area (Å²) in [5.41, 5.74) is 5.67. The summed E-state index contributed by atoms with van der Waals surface area (Å²) in [5, 5.41) is 3.20. The number of nitrogens with two attached hydrogens (primary N) is 1. The van der Waals surface area contributed by atoms with Crippen molar-refractivity contribution in [1.29, 1.82) is 0 Å². The van der Waals surface area contributed by atoms with Crippen molar-refractivity contribution in [1.82, 2.24) is 9.97 Å². The van der Waals surface area contributed by atoms with Crippen molar-refractivity contribution in [2.24, 2.45) is 11.7 Å². The van der Waals surface area contributed by atoms with E-state index >= 15 is 0 Å². The summed E-state index contributed by atoms with van der Waals surface area (Å²) in [6.45, 7) is 0.965. The highest BCUT2D eigenvalue weighted by molar-refractivity contribution is 5.91. The molecule has 1 aromatic heterocycles. The quantitative estimate of drug-likeness (QED) is 0.886. The Bertz CT molecular complexity index is 719. The van der Waals surface area contributed by atoms with Gasteiger partial charge in [-0.3, -0.25) is 4.79 Å². The Morgan fingerprint density at radius 3 is 2.82 bits per heavy atom. The number of hydrogen-bond donors (Lipinski definition) is 2. The standard InChI is InChI=1S/C14H14F2N4O2/c15-9-3-8-11(4-10(9)16)18-6-19-14(8)20-12(13(17)21)7-1-2-22-5-7/h3-4,6-7,12H,1-2,5H2,(H2,17,21)(H,18,19,20). The molecule has 1 aromatic carbocycles. The van der Waals surface area contributed by atoms with Crippen molar-refractivity contribution >= 4 is 22.6 Å². The molecule has 22 heavy (non-hydrogen) atoms. The average molecular weight is 308 g/mol. The number of rotatable bonds is 4. The van der Waals surface area contributed by atoms with Crippen molar-refractivity contribution in [3.8, 4) is 0 Å². The lowest BCUT2D eigenvalue weighted by Crippen LogP contribution is -2.42. The number of carbonyl (C=O) groups excluding carboxylic acids is 1. The number of nitrogens with one attached hydrogen (secondary N) is 1. The van der Waals surface area contributed by atoms with Gasteiger partial charge in [0, 0.05) is 24.0 Å². The molecule has 1 aliphatic heterocycles. The summed E-state index contributed by atoms with van der Waals surface area (Å²) in [6.07, 6.45) is 1.90. The highest BCUT2D eigenvalue weighted by Crippen LogP contribution is 2.25. The van der Waals surface area contributed by atoms with Crippen LogP contribution in [0.4, 0.5) is 14.6 Å². The first-order chi connectivity index (χ1) is 10.6. The van der Waals surface area contributed by atoms with Crippen LogP contribution in [0.1, 0.15) is 6.42 Å². The van der Waals surface area contributed by atoms with Crippen LogP contribution in [0.25, 0.3) is 10.9 Å². The monoisotopic (exact) mass is 308 g/mol. The molecule has 1 aliphatic rings. The summed E-state index contributed by atoms with van der Waals surface area (Å²) in [5.74, 6) is -2.41. The summed E-state index contributed by atoms with van der Waals surface area (Å²) in [7, 11) is 0. The molecule has 1 amide bonds. The smallest absolute Gasteiger partial charge is 0.240 e. The second-order valence-electron chi connectivity index (χ2n) is 5.15. The Labute approximate surface area is 124 Å². The molecule has 3 rings (SSSR count). The molecule has 0 aliphatic carbocycles. The Balaban J connectivity index is 1.98. The summed E-state index contributed by atoms with van der Waals surface area (Å²) in [4.78, 5) is 19.6. The van der Waals surface area contributed by atoms with E-state index < -0.39 is 23.6 Å². The first-order valence-corrected chi connectivity index (χ1v) is 6.79. The van der Waals surface area contributed by atoms with E-state index in [2.05, 4.69) is 15.3 Å². The molecule has 2 unspecified atom stereocenters. The van der Waals surface area contributed by atoms with Crippen LogP contribution in [-0.4, -0.2) is 35.1 Å². The fourth-order valence-corrected chi connectivity index (χ4v) is 2.55. The number of halogens is 2. The van der Waals surface area contributed by atoms with E-state index in [0.717, 1.165) is 12.1 Å². The third-order valence-corrected chi connectivity index (χ3v) is 3.71. The molecule has 116 valence electrons. The van der Waals surface area contributed by atoms with E-state index in [1.165, 1.54) is 6.33 Å². The highest BCUT2D eigenvalue weighted by atomic mass is 19.2. The molecule has 1 fully saturated rings. The Morgan fingerprint density at radius 2 is 2.14 bits per heavy atom. The number of ether oxygens (including phenoxy) is 1. The van der Waals surface area contributed by atoms with Crippen molar-refractivity contribution in [2.45, 2.75) is 12.5 Å². The van der Waals surface area contributed by atoms with Gasteiger partial charge in [0.05, 0.1) is 12.1 Å². The topological polar surface area (TPSA) is 90.1 Å². The zero-order valence-corrected chi connectivity index (χ0v) is 11.6. The third kappa shape index (κ3) is 2.69. The van der Waals surface area contributed by atoms with Crippen LogP contribution >= 0.6 is 0 Å².